The molecule has 13 nitrogen and oxygen atoms in total. The molecule has 2 aromatic carbocycles. The Morgan fingerprint density at radius 1 is 0.872 bits per heavy atom. The lowest BCUT2D eigenvalue weighted by Crippen LogP contribution is -2.57. The molecule has 13 heteroatoms. The van der Waals surface area contributed by atoms with Gasteiger partial charge in [0.2, 0.25) is 17.7 Å². The fourth-order valence-electron chi connectivity index (χ4n) is 5.32. The van der Waals surface area contributed by atoms with Crippen molar-refractivity contribution < 1.29 is 24.0 Å². The SMILES string of the molecule is Cc1n[nH]nc1C(=O)N1CCCCNC(=O)[C@@H](C)NC(=O)[C@H](CC(C)C)NC(=O)[C@@H](Cc2ccccc2)NC(=O)c2ccc(cc2)C1. The average molecular weight is 645 g/mol. The minimum atomic E-state index is -0.985. The second-order valence-corrected chi connectivity index (χ2v) is 12.3. The molecular weight excluding hydrogens is 600 g/mol. The summed E-state index contributed by atoms with van der Waals surface area (Å²) in [6.45, 7) is 8.15. The van der Waals surface area contributed by atoms with Crippen molar-refractivity contribution in [2.45, 2.75) is 78.0 Å². The average Bonchev–Trinajstić information content (AvgIpc) is 3.48. The van der Waals surface area contributed by atoms with Gasteiger partial charge in [0.15, 0.2) is 5.69 Å². The summed E-state index contributed by atoms with van der Waals surface area (Å²) < 4.78 is 0. The zero-order valence-electron chi connectivity index (χ0n) is 27.3. The van der Waals surface area contributed by atoms with Crippen molar-refractivity contribution in [1.29, 1.82) is 0 Å². The first kappa shape index (κ1) is 34.8. The van der Waals surface area contributed by atoms with Gasteiger partial charge in [-0.1, -0.05) is 56.3 Å². The van der Waals surface area contributed by atoms with Gasteiger partial charge in [-0.2, -0.15) is 15.4 Å². The van der Waals surface area contributed by atoms with Crippen LogP contribution < -0.4 is 21.3 Å². The molecule has 47 heavy (non-hydrogen) atoms. The minimum absolute atomic E-state index is 0.0602. The highest BCUT2D eigenvalue weighted by Crippen LogP contribution is 2.14. The van der Waals surface area contributed by atoms with Crippen LogP contribution in [0.3, 0.4) is 0 Å². The van der Waals surface area contributed by atoms with Crippen molar-refractivity contribution in [1.82, 2.24) is 41.6 Å². The van der Waals surface area contributed by atoms with Crippen LogP contribution in [0.5, 0.6) is 0 Å². The highest BCUT2D eigenvalue weighted by atomic mass is 16.2. The third kappa shape index (κ3) is 9.96. The Bertz CT molecular complexity index is 1540. The maximum absolute atomic E-state index is 13.7. The van der Waals surface area contributed by atoms with Crippen LogP contribution in [0.25, 0.3) is 0 Å². The molecule has 0 aliphatic carbocycles. The molecule has 0 saturated heterocycles. The standard InChI is InChI=1S/C34H44N8O5/c1-21(2)18-27-32(45)36-23(4)30(43)35-16-8-9-17-42(34(47)29-22(3)39-41-40-29)20-25-12-14-26(15-13-25)31(44)37-28(33(46)38-27)19-24-10-6-5-7-11-24/h5-7,10-15,21,23,27-28H,8-9,16-20H2,1-4H3,(H,35,43)(H,36,45)(H,37,44)(H,38,46)(H,39,40,41)/t23-,27+,28-/m1/s1. The number of aromatic nitrogens is 3. The Balaban J connectivity index is 1.62. The lowest BCUT2D eigenvalue weighted by atomic mass is 10.0. The van der Waals surface area contributed by atoms with Crippen LogP contribution >= 0.6 is 0 Å². The number of carbonyl (C=O) groups is 5. The smallest absolute Gasteiger partial charge is 0.276 e. The van der Waals surface area contributed by atoms with Gasteiger partial charge in [0.05, 0.1) is 5.69 Å². The van der Waals surface area contributed by atoms with Gasteiger partial charge < -0.3 is 26.2 Å². The third-order valence-electron chi connectivity index (χ3n) is 7.95. The normalized spacial score (nSPS) is 20.5. The predicted octanol–water partition coefficient (Wildman–Crippen LogP) is 2.04. The van der Waals surface area contributed by atoms with E-state index in [2.05, 4.69) is 36.7 Å². The molecule has 0 unspecified atom stereocenters. The molecule has 5 N–H and O–H groups in total. The molecule has 0 spiro atoms. The van der Waals surface area contributed by atoms with E-state index in [0.29, 0.717) is 43.6 Å². The van der Waals surface area contributed by atoms with E-state index in [4.69, 9.17) is 0 Å². The van der Waals surface area contributed by atoms with E-state index >= 15 is 0 Å². The zero-order valence-corrected chi connectivity index (χ0v) is 27.3. The summed E-state index contributed by atoms with van der Waals surface area (Å²) in [5, 5.41) is 21.7. The van der Waals surface area contributed by atoms with Crippen molar-refractivity contribution in [2.24, 2.45) is 5.92 Å². The quantitative estimate of drug-likeness (QED) is 0.264. The first-order chi connectivity index (χ1) is 22.5. The first-order valence-electron chi connectivity index (χ1n) is 16.0. The van der Waals surface area contributed by atoms with Crippen molar-refractivity contribution >= 4 is 29.5 Å². The summed E-state index contributed by atoms with van der Waals surface area (Å²) in [6, 6.07) is 13.4. The van der Waals surface area contributed by atoms with E-state index < -0.39 is 35.8 Å². The van der Waals surface area contributed by atoms with Gasteiger partial charge in [-0.25, -0.2) is 0 Å². The van der Waals surface area contributed by atoms with Crippen LogP contribution in [-0.2, 0) is 27.3 Å². The van der Waals surface area contributed by atoms with Gasteiger partial charge in [-0.3, -0.25) is 24.0 Å². The molecule has 250 valence electrons. The van der Waals surface area contributed by atoms with Crippen LogP contribution in [0.2, 0.25) is 0 Å². The second kappa shape index (κ2) is 16.5. The Morgan fingerprint density at radius 3 is 2.23 bits per heavy atom. The molecule has 0 fully saturated rings. The number of H-pyrrole nitrogens is 1. The highest BCUT2D eigenvalue weighted by Gasteiger charge is 2.30. The number of hydrogen-bond acceptors (Lipinski definition) is 7. The van der Waals surface area contributed by atoms with E-state index in [0.717, 1.165) is 11.1 Å². The maximum atomic E-state index is 13.7. The van der Waals surface area contributed by atoms with E-state index in [1.807, 2.05) is 44.2 Å². The fourth-order valence-corrected chi connectivity index (χ4v) is 5.32. The van der Waals surface area contributed by atoms with E-state index in [-0.39, 0.29) is 36.4 Å². The lowest BCUT2D eigenvalue weighted by molar-refractivity contribution is -0.132. The van der Waals surface area contributed by atoms with E-state index in [1.54, 1.807) is 43.0 Å². The molecular formula is C34H44N8O5. The molecule has 3 atom stereocenters. The van der Waals surface area contributed by atoms with Crippen molar-refractivity contribution in [3.8, 4) is 0 Å². The molecule has 2 bridgehead atoms. The summed E-state index contributed by atoms with van der Waals surface area (Å²) in [7, 11) is 0. The van der Waals surface area contributed by atoms with Gasteiger partial charge in [0, 0.05) is 31.6 Å². The molecule has 0 radical (unpaired) electrons. The van der Waals surface area contributed by atoms with E-state index in [1.165, 1.54) is 0 Å². The van der Waals surface area contributed by atoms with E-state index in [9.17, 15) is 24.0 Å². The number of aryl methyl sites for hydroxylation is 1. The number of amides is 5. The summed E-state index contributed by atoms with van der Waals surface area (Å²) in [5.41, 5.74) is 2.67. The second-order valence-electron chi connectivity index (χ2n) is 12.3. The maximum Gasteiger partial charge on any atom is 0.276 e. The van der Waals surface area contributed by atoms with Crippen LogP contribution in [-0.4, -0.2) is 81.1 Å². The Morgan fingerprint density at radius 2 is 1.57 bits per heavy atom. The van der Waals surface area contributed by atoms with Gasteiger partial charge in [0.25, 0.3) is 11.8 Å². The molecule has 1 aromatic heterocycles. The number of aromatic amines is 1. The number of nitrogens with zero attached hydrogens (tertiary/aromatic N) is 3. The number of rotatable bonds is 5. The lowest BCUT2D eigenvalue weighted by Gasteiger charge is -2.25. The van der Waals surface area contributed by atoms with Gasteiger partial charge in [-0.05, 0) is 62.3 Å². The topological polar surface area (TPSA) is 178 Å². The van der Waals surface area contributed by atoms with Crippen molar-refractivity contribution in [3.63, 3.8) is 0 Å². The Hall–Kier alpha value is -5.07. The van der Waals surface area contributed by atoms with Crippen LogP contribution in [0.1, 0.15) is 77.7 Å². The zero-order chi connectivity index (χ0) is 33.9. The number of benzene rings is 2. The number of hydrogen-bond donors (Lipinski definition) is 5. The highest BCUT2D eigenvalue weighted by molar-refractivity contribution is 5.99. The minimum Gasteiger partial charge on any atom is -0.354 e. The van der Waals surface area contributed by atoms with Crippen molar-refractivity contribution in [3.05, 3.63) is 82.7 Å². The summed E-state index contributed by atoms with van der Waals surface area (Å²) in [5.74, 6) is -2.05. The van der Waals surface area contributed by atoms with Crippen LogP contribution in [0, 0.1) is 12.8 Å². The monoisotopic (exact) mass is 644 g/mol. The molecule has 2 aliphatic heterocycles. The number of fused-ring (bicyclic) bond motifs is 18. The van der Waals surface area contributed by atoms with Gasteiger partial charge in [0.1, 0.15) is 18.1 Å². The molecule has 5 rings (SSSR count). The first-order valence-corrected chi connectivity index (χ1v) is 16.0. The van der Waals surface area contributed by atoms with Crippen LogP contribution in [0.15, 0.2) is 54.6 Å². The summed E-state index contributed by atoms with van der Waals surface area (Å²) >= 11 is 0. The molecule has 3 aromatic rings. The molecule has 0 saturated carbocycles. The summed E-state index contributed by atoms with van der Waals surface area (Å²) in [4.78, 5) is 68.4. The van der Waals surface area contributed by atoms with Crippen molar-refractivity contribution in [2.75, 3.05) is 13.1 Å². The number of carbonyl (C=O) groups excluding carboxylic acids is 5. The Kier molecular flexibility index (Phi) is 12.2. The fraction of sp³-hybridized carbons (Fsp3) is 0.441. The number of nitrogens with one attached hydrogen (secondary N) is 5. The van der Waals surface area contributed by atoms with Gasteiger partial charge >= 0.3 is 0 Å². The largest absolute Gasteiger partial charge is 0.354 e. The predicted molar refractivity (Wildman–Crippen MR) is 175 cm³/mol. The molecule has 3 heterocycles. The third-order valence-corrected chi connectivity index (χ3v) is 7.95. The van der Waals surface area contributed by atoms with Crippen LogP contribution in [0.4, 0.5) is 0 Å². The summed E-state index contributed by atoms with van der Waals surface area (Å²) in [6.07, 6.45) is 1.71. The Labute approximate surface area is 274 Å². The molecule has 2 aliphatic rings. The molecule has 5 amide bonds. The van der Waals surface area contributed by atoms with Gasteiger partial charge in [-0.15, -0.1) is 0 Å².